The van der Waals surface area contributed by atoms with Gasteiger partial charge in [0.25, 0.3) is 0 Å². The Morgan fingerprint density at radius 1 is 1.27 bits per heavy atom. The number of nitrogens with zero attached hydrogens (tertiary/aromatic N) is 2. The lowest BCUT2D eigenvalue weighted by Crippen LogP contribution is -2.35. The van der Waals surface area contributed by atoms with E-state index >= 15 is 0 Å². The van der Waals surface area contributed by atoms with E-state index in [9.17, 15) is 14.4 Å². The molecule has 2 aromatic rings. The highest BCUT2D eigenvalue weighted by Crippen LogP contribution is 2.39. The zero-order valence-electron chi connectivity index (χ0n) is 14.6. The summed E-state index contributed by atoms with van der Waals surface area (Å²) in [5.41, 5.74) is 1.06. The molecule has 0 radical (unpaired) electrons. The van der Waals surface area contributed by atoms with E-state index in [1.54, 1.807) is 47.4 Å². The first-order valence-corrected chi connectivity index (χ1v) is 9.12. The number of carbonyl (C=O) groups is 3. The maximum absolute atomic E-state index is 13.0. The van der Waals surface area contributed by atoms with Crippen LogP contribution in [0.3, 0.4) is 0 Å². The van der Waals surface area contributed by atoms with Crippen LogP contribution in [0.15, 0.2) is 41.8 Å². The molecule has 7 heteroatoms. The Balaban J connectivity index is 1.74. The number of thiophene rings is 1. The lowest BCUT2D eigenvalue weighted by atomic mass is 9.97. The monoisotopic (exact) mass is 372 g/mol. The first kappa shape index (κ1) is 18.1. The van der Waals surface area contributed by atoms with Gasteiger partial charge in [-0.1, -0.05) is 18.2 Å². The minimum Gasteiger partial charge on any atom is -0.478 e. The zero-order valence-corrected chi connectivity index (χ0v) is 15.4. The summed E-state index contributed by atoms with van der Waals surface area (Å²) in [6, 6.07) is 10.1. The Labute approximate surface area is 155 Å². The van der Waals surface area contributed by atoms with Crippen LogP contribution in [-0.4, -0.2) is 46.8 Å². The van der Waals surface area contributed by atoms with Crippen LogP contribution in [0.25, 0.3) is 0 Å². The van der Waals surface area contributed by atoms with Gasteiger partial charge in [0.15, 0.2) is 0 Å². The minimum atomic E-state index is -0.979. The number of carboxylic acids is 1. The summed E-state index contributed by atoms with van der Waals surface area (Å²) in [4.78, 5) is 40.4. The van der Waals surface area contributed by atoms with Gasteiger partial charge >= 0.3 is 5.97 Å². The lowest BCUT2D eigenvalue weighted by Gasteiger charge is -2.27. The van der Waals surface area contributed by atoms with Crippen LogP contribution in [0.2, 0.25) is 0 Å². The van der Waals surface area contributed by atoms with Gasteiger partial charge in [0, 0.05) is 31.9 Å². The predicted molar refractivity (Wildman–Crippen MR) is 97.8 cm³/mol. The van der Waals surface area contributed by atoms with Crippen molar-refractivity contribution in [1.82, 2.24) is 9.80 Å². The number of aromatic carboxylic acids is 1. The number of rotatable bonds is 5. The van der Waals surface area contributed by atoms with Crippen LogP contribution in [0.5, 0.6) is 0 Å². The van der Waals surface area contributed by atoms with Gasteiger partial charge in [0.2, 0.25) is 11.8 Å². The number of amides is 2. The second-order valence-corrected chi connectivity index (χ2v) is 7.45. The standard InChI is InChI=1S/C19H20N2O4S/c1-20(11-12-5-7-13(8-6-12)19(24)25)18(23)14-10-16(22)21(2)17(14)15-4-3-9-26-15/h3-9,14,17H,10-11H2,1-2H3,(H,24,25)/t14-,17-/m0/s1. The largest absolute Gasteiger partial charge is 0.478 e. The number of hydrogen-bond acceptors (Lipinski definition) is 4. The Morgan fingerprint density at radius 3 is 2.54 bits per heavy atom. The number of carboxylic acid groups (broad SMARTS) is 1. The minimum absolute atomic E-state index is 0.0269. The maximum Gasteiger partial charge on any atom is 0.335 e. The fraction of sp³-hybridized carbons (Fsp3) is 0.316. The van der Waals surface area contributed by atoms with Crippen molar-refractivity contribution in [2.75, 3.05) is 14.1 Å². The fourth-order valence-electron chi connectivity index (χ4n) is 3.33. The van der Waals surface area contributed by atoms with Crippen molar-refractivity contribution in [3.8, 4) is 0 Å². The lowest BCUT2D eigenvalue weighted by molar-refractivity contribution is -0.135. The van der Waals surface area contributed by atoms with E-state index in [0.717, 1.165) is 10.4 Å². The summed E-state index contributed by atoms with van der Waals surface area (Å²) in [6.45, 7) is 0.365. The molecule has 136 valence electrons. The van der Waals surface area contributed by atoms with E-state index in [2.05, 4.69) is 0 Å². The van der Waals surface area contributed by atoms with Gasteiger partial charge in [-0.25, -0.2) is 4.79 Å². The number of hydrogen-bond donors (Lipinski definition) is 1. The van der Waals surface area contributed by atoms with Crippen molar-refractivity contribution < 1.29 is 19.5 Å². The molecule has 0 spiro atoms. The summed E-state index contributed by atoms with van der Waals surface area (Å²) >= 11 is 1.55. The topological polar surface area (TPSA) is 77.9 Å². The van der Waals surface area contributed by atoms with Gasteiger partial charge < -0.3 is 14.9 Å². The Morgan fingerprint density at radius 2 is 1.96 bits per heavy atom. The second-order valence-electron chi connectivity index (χ2n) is 6.47. The zero-order chi connectivity index (χ0) is 18.8. The van der Waals surface area contributed by atoms with E-state index in [1.807, 2.05) is 17.5 Å². The van der Waals surface area contributed by atoms with Crippen molar-refractivity contribution in [2.24, 2.45) is 5.92 Å². The summed E-state index contributed by atoms with van der Waals surface area (Å²) in [5.74, 6) is -1.49. The van der Waals surface area contributed by atoms with Crippen molar-refractivity contribution in [2.45, 2.75) is 19.0 Å². The van der Waals surface area contributed by atoms with Crippen molar-refractivity contribution in [3.05, 3.63) is 57.8 Å². The molecule has 2 amide bonds. The molecular weight excluding hydrogens is 352 g/mol. The molecule has 2 heterocycles. The quantitative estimate of drug-likeness (QED) is 0.875. The molecular formula is C19H20N2O4S. The van der Waals surface area contributed by atoms with Crippen LogP contribution < -0.4 is 0 Å². The Bertz CT molecular complexity index is 817. The van der Waals surface area contributed by atoms with Crippen LogP contribution in [-0.2, 0) is 16.1 Å². The van der Waals surface area contributed by atoms with E-state index < -0.39 is 11.9 Å². The van der Waals surface area contributed by atoms with Gasteiger partial charge in [0.1, 0.15) is 0 Å². The molecule has 2 atom stereocenters. The fourth-order valence-corrected chi connectivity index (χ4v) is 4.26. The molecule has 3 rings (SSSR count). The molecule has 1 aromatic carbocycles. The molecule has 0 saturated carbocycles. The van der Waals surface area contributed by atoms with Crippen molar-refractivity contribution in [1.29, 1.82) is 0 Å². The summed E-state index contributed by atoms with van der Waals surface area (Å²) in [6.07, 6.45) is 0.209. The van der Waals surface area contributed by atoms with E-state index in [1.165, 1.54) is 12.1 Å². The van der Waals surface area contributed by atoms with E-state index in [0.29, 0.717) is 6.54 Å². The maximum atomic E-state index is 13.0. The molecule has 1 N–H and O–H groups in total. The molecule has 0 aliphatic carbocycles. The molecule has 0 bridgehead atoms. The molecule has 1 saturated heterocycles. The van der Waals surface area contributed by atoms with Crippen LogP contribution in [0.4, 0.5) is 0 Å². The Kier molecular flexibility index (Phi) is 5.08. The van der Waals surface area contributed by atoms with Crippen molar-refractivity contribution in [3.63, 3.8) is 0 Å². The first-order chi connectivity index (χ1) is 12.4. The first-order valence-electron chi connectivity index (χ1n) is 8.24. The highest BCUT2D eigenvalue weighted by molar-refractivity contribution is 7.10. The third-order valence-electron chi connectivity index (χ3n) is 4.74. The third kappa shape index (κ3) is 3.48. The van der Waals surface area contributed by atoms with E-state index in [-0.39, 0.29) is 29.8 Å². The van der Waals surface area contributed by atoms with Gasteiger partial charge in [-0.2, -0.15) is 0 Å². The van der Waals surface area contributed by atoms with Gasteiger partial charge in [-0.05, 0) is 29.1 Å². The SMILES string of the molecule is CN(Cc1ccc(C(=O)O)cc1)C(=O)[C@H]1CC(=O)N(C)[C@@H]1c1cccs1. The average Bonchev–Trinajstić information content (AvgIpc) is 3.23. The average molecular weight is 372 g/mol. The third-order valence-corrected chi connectivity index (χ3v) is 5.68. The molecule has 26 heavy (non-hydrogen) atoms. The smallest absolute Gasteiger partial charge is 0.335 e. The molecule has 1 fully saturated rings. The van der Waals surface area contributed by atoms with Gasteiger partial charge in [-0.15, -0.1) is 11.3 Å². The summed E-state index contributed by atoms with van der Waals surface area (Å²) < 4.78 is 0. The van der Waals surface area contributed by atoms with Gasteiger partial charge in [0.05, 0.1) is 17.5 Å². The predicted octanol–water partition coefficient (Wildman–Crippen LogP) is 2.62. The highest BCUT2D eigenvalue weighted by atomic mass is 32.1. The normalized spacial score (nSPS) is 19.6. The highest BCUT2D eigenvalue weighted by Gasteiger charge is 2.44. The summed E-state index contributed by atoms with van der Waals surface area (Å²) in [7, 11) is 3.45. The van der Waals surface area contributed by atoms with Crippen LogP contribution in [0.1, 0.15) is 33.3 Å². The van der Waals surface area contributed by atoms with Gasteiger partial charge in [-0.3, -0.25) is 9.59 Å². The van der Waals surface area contributed by atoms with Crippen LogP contribution in [0, 0.1) is 5.92 Å². The van der Waals surface area contributed by atoms with Crippen molar-refractivity contribution >= 4 is 29.1 Å². The number of benzene rings is 1. The molecule has 1 aliphatic heterocycles. The molecule has 1 aromatic heterocycles. The number of carbonyl (C=O) groups excluding carboxylic acids is 2. The second kappa shape index (κ2) is 7.29. The molecule has 6 nitrogen and oxygen atoms in total. The molecule has 1 aliphatic rings. The molecule has 0 unspecified atom stereocenters. The number of likely N-dealkylation sites (tertiary alicyclic amines) is 1. The Hall–Kier alpha value is -2.67. The van der Waals surface area contributed by atoms with E-state index in [4.69, 9.17) is 5.11 Å². The van der Waals surface area contributed by atoms with Crippen LogP contribution >= 0.6 is 11.3 Å². The summed E-state index contributed by atoms with van der Waals surface area (Å²) in [5, 5.41) is 10.9.